The van der Waals surface area contributed by atoms with Crippen LogP contribution in [-0.2, 0) is 9.47 Å². The zero-order valence-electron chi connectivity index (χ0n) is 12.7. The van der Waals surface area contributed by atoms with Crippen LogP contribution in [0.15, 0.2) is 24.3 Å². The summed E-state index contributed by atoms with van der Waals surface area (Å²) >= 11 is 0. The van der Waals surface area contributed by atoms with Crippen LogP contribution in [0.25, 0.3) is 10.9 Å². The van der Waals surface area contributed by atoms with E-state index in [9.17, 15) is 4.79 Å². The maximum absolute atomic E-state index is 12.7. The number of likely N-dealkylation sites (tertiary alicyclic amines) is 1. The zero-order valence-corrected chi connectivity index (χ0v) is 12.7. The topological polar surface area (TPSA) is 54.6 Å². The number of carbonyl (C=O) groups is 1. The number of H-pyrrole nitrogens is 1. The van der Waals surface area contributed by atoms with Gasteiger partial charge in [-0.25, -0.2) is 0 Å². The SMILES string of the molecule is Cc1ccc2cc(C(=O)N3CCC4(CC3)OCCO4)[nH]c2c1. The van der Waals surface area contributed by atoms with Gasteiger partial charge in [0, 0.05) is 36.8 Å². The molecule has 2 fully saturated rings. The molecule has 2 aliphatic heterocycles. The van der Waals surface area contributed by atoms with Gasteiger partial charge in [-0.1, -0.05) is 12.1 Å². The number of nitrogens with one attached hydrogen (secondary N) is 1. The molecule has 2 saturated heterocycles. The maximum atomic E-state index is 12.7. The van der Waals surface area contributed by atoms with Gasteiger partial charge < -0.3 is 19.4 Å². The Morgan fingerprint density at radius 3 is 2.64 bits per heavy atom. The van der Waals surface area contributed by atoms with Gasteiger partial charge in [-0.2, -0.15) is 0 Å². The van der Waals surface area contributed by atoms with Gasteiger partial charge >= 0.3 is 0 Å². The third kappa shape index (κ3) is 2.30. The lowest BCUT2D eigenvalue weighted by molar-refractivity contribution is -0.181. The van der Waals surface area contributed by atoms with E-state index in [-0.39, 0.29) is 5.91 Å². The molecule has 1 aromatic heterocycles. The van der Waals surface area contributed by atoms with Gasteiger partial charge in [-0.15, -0.1) is 0 Å². The summed E-state index contributed by atoms with van der Waals surface area (Å²) in [6.45, 7) is 4.72. The molecule has 116 valence electrons. The molecule has 0 bridgehead atoms. The molecule has 1 amide bonds. The van der Waals surface area contributed by atoms with E-state index >= 15 is 0 Å². The summed E-state index contributed by atoms with van der Waals surface area (Å²) in [7, 11) is 0. The number of nitrogens with zero attached hydrogens (tertiary/aromatic N) is 1. The third-order valence-electron chi connectivity index (χ3n) is 4.63. The average Bonchev–Trinajstić information content (AvgIpc) is 3.14. The normalized spacial score (nSPS) is 20.9. The van der Waals surface area contributed by atoms with Gasteiger partial charge in [0.05, 0.1) is 13.2 Å². The highest BCUT2D eigenvalue weighted by atomic mass is 16.7. The fourth-order valence-electron chi connectivity index (χ4n) is 3.36. The first-order valence-corrected chi connectivity index (χ1v) is 7.82. The number of fused-ring (bicyclic) bond motifs is 1. The quantitative estimate of drug-likeness (QED) is 0.880. The molecule has 5 heteroatoms. The van der Waals surface area contributed by atoms with Crippen molar-refractivity contribution in [3.05, 3.63) is 35.5 Å². The van der Waals surface area contributed by atoms with Gasteiger partial charge in [-0.05, 0) is 24.6 Å². The third-order valence-corrected chi connectivity index (χ3v) is 4.63. The summed E-state index contributed by atoms with van der Waals surface area (Å²) in [5.41, 5.74) is 2.85. The minimum absolute atomic E-state index is 0.0571. The molecule has 2 aromatic rings. The Bertz CT molecular complexity index is 706. The Labute approximate surface area is 129 Å². The van der Waals surface area contributed by atoms with Gasteiger partial charge in [0.25, 0.3) is 5.91 Å². The number of aromatic amines is 1. The first-order chi connectivity index (χ1) is 10.7. The van der Waals surface area contributed by atoms with Crippen molar-refractivity contribution in [3.63, 3.8) is 0 Å². The Morgan fingerprint density at radius 1 is 1.18 bits per heavy atom. The van der Waals surface area contributed by atoms with Crippen LogP contribution in [0.3, 0.4) is 0 Å². The highest BCUT2D eigenvalue weighted by molar-refractivity contribution is 5.98. The Kier molecular flexibility index (Phi) is 3.20. The number of aromatic nitrogens is 1. The molecule has 1 spiro atoms. The Hall–Kier alpha value is -1.85. The van der Waals surface area contributed by atoms with E-state index in [0.717, 1.165) is 23.7 Å². The molecular formula is C17H20N2O3. The van der Waals surface area contributed by atoms with Crippen LogP contribution in [-0.4, -0.2) is 47.9 Å². The van der Waals surface area contributed by atoms with Crippen molar-refractivity contribution in [2.75, 3.05) is 26.3 Å². The van der Waals surface area contributed by atoms with E-state index in [1.165, 1.54) is 5.56 Å². The maximum Gasteiger partial charge on any atom is 0.270 e. The summed E-state index contributed by atoms with van der Waals surface area (Å²) in [6, 6.07) is 8.11. The fourth-order valence-corrected chi connectivity index (χ4v) is 3.36. The predicted molar refractivity (Wildman–Crippen MR) is 82.8 cm³/mol. The second-order valence-electron chi connectivity index (χ2n) is 6.17. The van der Waals surface area contributed by atoms with Crippen molar-refractivity contribution in [2.45, 2.75) is 25.6 Å². The van der Waals surface area contributed by atoms with Gasteiger partial charge in [-0.3, -0.25) is 4.79 Å². The molecule has 0 aliphatic carbocycles. The smallest absolute Gasteiger partial charge is 0.270 e. The lowest BCUT2D eigenvalue weighted by Gasteiger charge is -2.37. The number of amides is 1. The highest BCUT2D eigenvalue weighted by Crippen LogP contribution is 2.31. The minimum Gasteiger partial charge on any atom is -0.351 e. The summed E-state index contributed by atoms with van der Waals surface area (Å²) in [4.78, 5) is 17.8. The van der Waals surface area contributed by atoms with Crippen molar-refractivity contribution < 1.29 is 14.3 Å². The lowest BCUT2D eigenvalue weighted by atomic mass is 10.0. The van der Waals surface area contributed by atoms with Crippen LogP contribution in [0, 0.1) is 6.92 Å². The molecule has 0 atom stereocenters. The standard InChI is InChI=1S/C17H20N2O3/c1-12-2-3-13-11-15(18-14(13)10-12)16(20)19-6-4-17(5-7-19)21-8-9-22-17/h2-3,10-11,18H,4-9H2,1H3. The molecule has 1 N–H and O–H groups in total. The van der Waals surface area contributed by atoms with Gasteiger partial charge in [0.1, 0.15) is 5.69 Å². The van der Waals surface area contributed by atoms with E-state index in [0.29, 0.717) is 32.0 Å². The molecule has 1 aromatic carbocycles. The summed E-state index contributed by atoms with van der Waals surface area (Å²) in [5.74, 6) is -0.379. The Morgan fingerprint density at radius 2 is 1.91 bits per heavy atom. The zero-order chi connectivity index (χ0) is 15.2. The average molecular weight is 300 g/mol. The van der Waals surface area contributed by atoms with Crippen molar-refractivity contribution in [2.24, 2.45) is 0 Å². The first kappa shape index (κ1) is 13.8. The van der Waals surface area contributed by atoms with Crippen LogP contribution in [0.5, 0.6) is 0 Å². The number of carbonyl (C=O) groups excluding carboxylic acids is 1. The van der Waals surface area contributed by atoms with E-state index in [2.05, 4.69) is 17.1 Å². The number of rotatable bonds is 1. The predicted octanol–water partition coefficient (Wildman–Crippen LogP) is 2.46. The molecule has 0 saturated carbocycles. The van der Waals surface area contributed by atoms with Crippen molar-refractivity contribution in [1.82, 2.24) is 9.88 Å². The molecule has 22 heavy (non-hydrogen) atoms. The number of ether oxygens (including phenoxy) is 2. The fraction of sp³-hybridized carbons (Fsp3) is 0.471. The van der Waals surface area contributed by atoms with Gasteiger partial charge in [0.2, 0.25) is 0 Å². The van der Waals surface area contributed by atoms with Crippen molar-refractivity contribution in [3.8, 4) is 0 Å². The van der Waals surface area contributed by atoms with Crippen LogP contribution < -0.4 is 0 Å². The molecular weight excluding hydrogens is 280 g/mol. The van der Waals surface area contributed by atoms with E-state index in [1.54, 1.807) is 0 Å². The molecule has 0 unspecified atom stereocenters. The van der Waals surface area contributed by atoms with Crippen LogP contribution in [0.2, 0.25) is 0 Å². The van der Waals surface area contributed by atoms with Crippen molar-refractivity contribution >= 4 is 16.8 Å². The van der Waals surface area contributed by atoms with Crippen LogP contribution >= 0.6 is 0 Å². The molecule has 2 aliphatic rings. The summed E-state index contributed by atoms with van der Waals surface area (Å²) in [5, 5.41) is 1.07. The second-order valence-corrected chi connectivity index (χ2v) is 6.17. The largest absolute Gasteiger partial charge is 0.351 e. The monoisotopic (exact) mass is 300 g/mol. The first-order valence-electron chi connectivity index (χ1n) is 7.82. The molecule has 0 radical (unpaired) electrons. The molecule has 5 nitrogen and oxygen atoms in total. The van der Waals surface area contributed by atoms with Gasteiger partial charge in [0.15, 0.2) is 5.79 Å². The molecule has 3 heterocycles. The lowest BCUT2D eigenvalue weighted by Crippen LogP contribution is -2.47. The summed E-state index contributed by atoms with van der Waals surface area (Å²) in [6.07, 6.45) is 1.50. The highest BCUT2D eigenvalue weighted by Gasteiger charge is 2.41. The number of piperidine rings is 1. The minimum atomic E-state index is -0.436. The van der Waals surface area contributed by atoms with E-state index < -0.39 is 5.79 Å². The number of hydrogen-bond acceptors (Lipinski definition) is 3. The molecule has 4 rings (SSSR count). The number of hydrogen-bond donors (Lipinski definition) is 1. The Balaban J connectivity index is 1.51. The van der Waals surface area contributed by atoms with Crippen LogP contribution in [0.4, 0.5) is 0 Å². The second kappa shape index (κ2) is 5.11. The summed E-state index contributed by atoms with van der Waals surface area (Å²) < 4.78 is 11.4. The van der Waals surface area contributed by atoms with Crippen LogP contribution in [0.1, 0.15) is 28.9 Å². The van der Waals surface area contributed by atoms with Crippen molar-refractivity contribution in [1.29, 1.82) is 0 Å². The number of aryl methyl sites for hydroxylation is 1. The number of benzene rings is 1. The van der Waals surface area contributed by atoms with E-state index in [1.807, 2.05) is 24.0 Å². The van der Waals surface area contributed by atoms with E-state index in [4.69, 9.17) is 9.47 Å².